The molecule has 1 heterocycles. The molecule has 0 saturated carbocycles. The van der Waals surface area contributed by atoms with Crippen molar-refractivity contribution in [3.8, 4) is 6.19 Å². The molecular weight excluding hydrogens is 314 g/mol. The molecule has 1 N–H and O–H groups in total. The molecule has 0 fully saturated rings. The molecule has 4 nitrogen and oxygen atoms in total. The van der Waals surface area contributed by atoms with Crippen LogP contribution in [0.5, 0.6) is 0 Å². The van der Waals surface area contributed by atoms with Crippen LogP contribution in [0.25, 0.3) is 0 Å². The van der Waals surface area contributed by atoms with Crippen molar-refractivity contribution in [3.05, 3.63) is 27.5 Å². The zero-order chi connectivity index (χ0) is 12.3. The lowest BCUT2D eigenvalue weighted by Gasteiger charge is -2.09. The fourth-order valence-corrected chi connectivity index (χ4v) is 2.34. The topological polar surface area (TPSA) is 59.9 Å². The highest BCUT2D eigenvalue weighted by molar-refractivity contribution is 9.10. The van der Waals surface area contributed by atoms with Gasteiger partial charge in [0.1, 0.15) is 22.2 Å². The second-order valence-corrected chi connectivity index (χ2v) is 5.59. The van der Waals surface area contributed by atoms with Gasteiger partial charge in [0, 0.05) is 18.0 Å². The van der Waals surface area contributed by atoms with Crippen LogP contribution in [0.1, 0.15) is 18.5 Å². The zero-order valence-corrected chi connectivity index (χ0v) is 11.8. The second kappa shape index (κ2) is 5.73. The van der Waals surface area contributed by atoms with Crippen LogP contribution in [0.4, 0.5) is 0 Å². The molecule has 1 aromatic heterocycles. The molecule has 0 aromatic carbocycles. The van der Waals surface area contributed by atoms with Gasteiger partial charge >= 0.3 is 6.19 Å². The number of nitriles is 1. The lowest BCUT2D eigenvalue weighted by atomic mass is 10.1. The third-order valence-corrected chi connectivity index (χ3v) is 4.14. The van der Waals surface area contributed by atoms with Gasteiger partial charge in [-0.05, 0) is 28.9 Å². The Labute approximate surface area is 110 Å². The van der Waals surface area contributed by atoms with Crippen molar-refractivity contribution in [2.75, 3.05) is 6.26 Å². The number of halogens is 2. The van der Waals surface area contributed by atoms with Gasteiger partial charge in [-0.2, -0.15) is 0 Å². The standard InChI is InChI=1S/C9H9BrClN3OS/c1-6(14(5-12)16(2)15)7-3-8(10)9(11)13-4-7/h3-4,6H,1-2H3/p+1. The molecule has 1 rings (SSSR count). The average Bonchev–Trinajstić information content (AvgIpc) is 2.22. The first-order chi connectivity index (χ1) is 7.47. The minimum absolute atomic E-state index is 0.246. The maximum Gasteiger partial charge on any atom is 0.468 e. The van der Waals surface area contributed by atoms with E-state index in [-0.39, 0.29) is 6.04 Å². The Hall–Kier alpha value is -0.480. The highest BCUT2D eigenvalue weighted by atomic mass is 79.9. The van der Waals surface area contributed by atoms with Crippen molar-refractivity contribution in [1.82, 2.24) is 4.98 Å². The summed E-state index contributed by atoms with van der Waals surface area (Å²) >= 11 is 9.04. The number of hydrogen-bond acceptors (Lipinski definition) is 2. The molecule has 2 atom stereocenters. The molecular formula is C9H10BrClN3OS+. The Kier molecular flexibility index (Phi) is 4.87. The first-order valence-corrected chi connectivity index (χ1v) is 7.04. The van der Waals surface area contributed by atoms with Crippen LogP contribution in [0.15, 0.2) is 16.7 Å². The largest absolute Gasteiger partial charge is 0.468 e. The lowest BCUT2D eigenvalue weighted by molar-refractivity contribution is -0.463. The van der Waals surface area contributed by atoms with E-state index in [2.05, 4.69) is 20.9 Å². The molecule has 0 aliphatic carbocycles. The second-order valence-electron chi connectivity index (χ2n) is 3.09. The molecule has 86 valence electrons. The minimum Gasteiger partial charge on any atom is -0.306 e. The maximum absolute atomic E-state index is 9.44. The van der Waals surface area contributed by atoms with E-state index in [1.165, 1.54) is 3.95 Å². The van der Waals surface area contributed by atoms with Gasteiger partial charge in [0.15, 0.2) is 5.26 Å². The van der Waals surface area contributed by atoms with Gasteiger partial charge in [-0.3, -0.25) is 0 Å². The summed E-state index contributed by atoms with van der Waals surface area (Å²) in [5.41, 5.74) is 0.811. The van der Waals surface area contributed by atoms with Crippen molar-refractivity contribution in [2.45, 2.75) is 13.0 Å². The van der Waals surface area contributed by atoms with E-state index >= 15 is 0 Å². The van der Waals surface area contributed by atoms with Gasteiger partial charge in [-0.15, -0.1) is 3.95 Å². The Balaban J connectivity index is 3.16. The fraction of sp³-hybridized carbons (Fsp3) is 0.333. The number of rotatable bonds is 2. The molecule has 2 unspecified atom stereocenters. The Morgan fingerprint density at radius 2 is 2.38 bits per heavy atom. The maximum atomic E-state index is 9.44. The van der Waals surface area contributed by atoms with Crippen LogP contribution in [0, 0.1) is 11.5 Å². The Bertz CT molecular complexity index is 482. The molecule has 0 bridgehead atoms. The van der Waals surface area contributed by atoms with Crippen molar-refractivity contribution in [3.63, 3.8) is 0 Å². The monoisotopic (exact) mass is 322 g/mol. The summed E-state index contributed by atoms with van der Waals surface area (Å²) in [6.45, 7) is 1.82. The molecule has 1 aromatic rings. The fourth-order valence-electron chi connectivity index (χ4n) is 1.17. The van der Waals surface area contributed by atoms with Crippen LogP contribution in [-0.2, 0) is 11.0 Å². The van der Waals surface area contributed by atoms with Gasteiger partial charge in [-0.25, -0.2) is 4.98 Å². The van der Waals surface area contributed by atoms with E-state index < -0.39 is 11.0 Å². The molecule has 0 aliphatic rings. The number of nitrogens with zero attached hydrogens (tertiary/aromatic N) is 3. The van der Waals surface area contributed by atoms with Crippen LogP contribution >= 0.6 is 27.5 Å². The Morgan fingerprint density at radius 1 is 1.75 bits per heavy atom. The molecule has 0 aliphatic heterocycles. The zero-order valence-electron chi connectivity index (χ0n) is 8.69. The number of pyridine rings is 1. The number of hydrogen-bond donors (Lipinski definition) is 1. The Morgan fingerprint density at radius 3 is 2.81 bits per heavy atom. The van der Waals surface area contributed by atoms with Crippen LogP contribution in [0.2, 0.25) is 5.15 Å². The predicted molar refractivity (Wildman–Crippen MR) is 67.2 cm³/mol. The molecule has 7 heteroatoms. The highest BCUT2D eigenvalue weighted by Gasteiger charge is 2.18. The van der Waals surface area contributed by atoms with Gasteiger partial charge in [0.05, 0.1) is 4.47 Å². The average molecular weight is 324 g/mol. The SMILES string of the molecule is CC(c1cnc(Cl)c(Br)c1)[N+](C#N)=S(C)O. The van der Waals surface area contributed by atoms with Crippen molar-refractivity contribution >= 4 is 38.5 Å². The molecule has 0 saturated heterocycles. The highest BCUT2D eigenvalue weighted by Crippen LogP contribution is 2.25. The quantitative estimate of drug-likeness (QED) is 0.394. The summed E-state index contributed by atoms with van der Waals surface area (Å²) in [6, 6.07) is 1.54. The summed E-state index contributed by atoms with van der Waals surface area (Å²) < 4.78 is 11.4. The van der Waals surface area contributed by atoms with E-state index in [1.54, 1.807) is 18.5 Å². The van der Waals surface area contributed by atoms with Crippen LogP contribution in [-0.4, -0.2) is 19.7 Å². The van der Waals surface area contributed by atoms with E-state index in [0.29, 0.717) is 9.63 Å². The van der Waals surface area contributed by atoms with Gasteiger partial charge in [-0.1, -0.05) is 11.6 Å². The van der Waals surface area contributed by atoms with Crippen LogP contribution < -0.4 is 0 Å². The first kappa shape index (κ1) is 13.6. The van der Waals surface area contributed by atoms with E-state index in [1.807, 2.05) is 13.1 Å². The summed E-state index contributed by atoms with van der Waals surface area (Å²) in [5, 5.41) is 9.29. The summed E-state index contributed by atoms with van der Waals surface area (Å²) in [4.78, 5) is 3.98. The summed E-state index contributed by atoms with van der Waals surface area (Å²) in [7, 11) is -1.10. The van der Waals surface area contributed by atoms with Gasteiger partial charge < -0.3 is 4.55 Å². The molecule has 0 amide bonds. The van der Waals surface area contributed by atoms with E-state index in [0.717, 1.165) is 5.56 Å². The number of aromatic nitrogens is 1. The third kappa shape index (κ3) is 3.01. The van der Waals surface area contributed by atoms with E-state index in [4.69, 9.17) is 16.9 Å². The minimum atomic E-state index is -1.10. The van der Waals surface area contributed by atoms with Crippen molar-refractivity contribution in [2.24, 2.45) is 0 Å². The molecule has 0 spiro atoms. The lowest BCUT2D eigenvalue weighted by Crippen LogP contribution is -2.15. The first-order valence-electron chi connectivity index (χ1n) is 4.32. The van der Waals surface area contributed by atoms with Crippen molar-refractivity contribution in [1.29, 1.82) is 5.26 Å². The normalized spacial score (nSPS) is 15.1. The van der Waals surface area contributed by atoms with Gasteiger partial charge in [0.2, 0.25) is 0 Å². The van der Waals surface area contributed by atoms with Gasteiger partial charge in [0.25, 0.3) is 0 Å². The predicted octanol–water partition coefficient (Wildman–Crippen LogP) is 2.96. The summed E-state index contributed by atoms with van der Waals surface area (Å²) in [6.07, 6.45) is 5.11. The third-order valence-electron chi connectivity index (χ3n) is 2.03. The van der Waals surface area contributed by atoms with E-state index in [9.17, 15) is 4.55 Å². The molecule has 0 radical (unpaired) electrons. The summed E-state index contributed by atoms with van der Waals surface area (Å²) in [5.74, 6) is 0. The van der Waals surface area contributed by atoms with Crippen molar-refractivity contribution < 1.29 is 8.50 Å². The smallest absolute Gasteiger partial charge is 0.306 e. The van der Waals surface area contributed by atoms with Crippen LogP contribution in [0.3, 0.4) is 0 Å². The molecule has 16 heavy (non-hydrogen) atoms.